The van der Waals surface area contributed by atoms with Crippen molar-refractivity contribution < 1.29 is 4.42 Å². The van der Waals surface area contributed by atoms with Crippen LogP contribution in [0.3, 0.4) is 0 Å². The van der Waals surface area contributed by atoms with Crippen LogP contribution in [0.25, 0.3) is 110 Å². The Hall–Kier alpha value is -7.36. The maximum absolute atomic E-state index is 6.33. The van der Waals surface area contributed by atoms with Gasteiger partial charge in [-0.25, -0.2) is 0 Å². The summed E-state index contributed by atoms with van der Waals surface area (Å²) in [6, 6.07) is 70.3. The average molecular weight is 701 g/mol. The maximum atomic E-state index is 6.33. The van der Waals surface area contributed by atoms with Gasteiger partial charge in [-0.05, 0) is 76.7 Å². The van der Waals surface area contributed by atoms with Gasteiger partial charge in [-0.3, -0.25) is 0 Å². The van der Waals surface area contributed by atoms with Crippen LogP contribution in [0.1, 0.15) is 0 Å². The Morgan fingerprint density at radius 3 is 1.80 bits per heavy atom. The SMILES string of the molecule is c1ccc(-c2ccccc2-n2c3ccc(-c4ccc5c(c4)c4ccccc4n5-c4ccc5c(c4)oc4ccccc45)cc3c3ccc4ccccc4c32)cc1. The largest absolute Gasteiger partial charge is 0.456 e. The standard InChI is InChI=1S/C52H32N2O/c1-2-12-33(13-3-1)38-15-6-9-19-46(38)54-49-29-24-36(31-45(49)43-26-22-34-14-4-5-16-39(34)52(43)54)35-23-28-48-44(30-35)40-17-7-10-20-47(40)53(48)37-25-27-42-41-18-8-11-21-50(41)55-51(42)32-37/h1-32H. The molecule has 0 N–H and O–H groups in total. The van der Waals surface area contributed by atoms with Gasteiger partial charge >= 0.3 is 0 Å². The van der Waals surface area contributed by atoms with Gasteiger partial charge in [-0.1, -0.05) is 133 Å². The molecule has 3 nitrogen and oxygen atoms in total. The van der Waals surface area contributed by atoms with Crippen LogP contribution < -0.4 is 0 Å². The molecule has 0 saturated heterocycles. The van der Waals surface area contributed by atoms with E-state index >= 15 is 0 Å². The molecule has 0 fully saturated rings. The highest BCUT2D eigenvalue weighted by Gasteiger charge is 2.20. The molecule has 3 heteroatoms. The lowest BCUT2D eigenvalue weighted by Gasteiger charge is -2.15. The summed E-state index contributed by atoms with van der Waals surface area (Å²) in [5.74, 6) is 0. The molecule has 3 heterocycles. The predicted molar refractivity (Wildman–Crippen MR) is 231 cm³/mol. The van der Waals surface area contributed by atoms with Crippen molar-refractivity contribution in [3.05, 3.63) is 194 Å². The minimum Gasteiger partial charge on any atom is -0.456 e. The molecule has 12 aromatic rings. The minimum absolute atomic E-state index is 0.896. The van der Waals surface area contributed by atoms with Crippen molar-refractivity contribution in [2.24, 2.45) is 0 Å². The van der Waals surface area contributed by atoms with E-state index in [0.29, 0.717) is 0 Å². The quantitative estimate of drug-likeness (QED) is 0.179. The molecule has 0 bridgehead atoms. The first-order valence-electron chi connectivity index (χ1n) is 18.8. The van der Waals surface area contributed by atoms with Crippen LogP contribution in [0.15, 0.2) is 199 Å². The van der Waals surface area contributed by atoms with Crippen LogP contribution in [0.2, 0.25) is 0 Å². The van der Waals surface area contributed by atoms with Crippen LogP contribution >= 0.6 is 0 Å². The summed E-state index contributed by atoms with van der Waals surface area (Å²) < 4.78 is 11.2. The third-order valence-electron chi connectivity index (χ3n) is 11.5. The van der Waals surface area contributed by atoms with Crippen LogP contribution in [-0.2, 0) is 0 Å². The van der Waals surface area contributed by atoms with E-state index in [0.717, 1.165) is 27.6 Å². The van der Waals surface area contributed by atoms with Crippen molar-refractivity contribution in [2.75, 3.05) is 0 Å². The maximum Gasteiger partial charge on any atom is 0.137 e. The Morgan fingerprint density at radius 2 is 0.945 bits per heavy atom. The predicted octanol–water partition coefficient (Wildman–Crippen LogP) is 14.3. The van der Waals surface area contributed by atoms with E-state index in [4.69, 9.17) is 4.42 Å². The number of furan rings is 1. The number of para-hydroxylation sites is 3. The van der Waals surface area contributed by atoms with E-state index in [2.05, 4.69) is 191 Å². The van der Waals surface area contributed by atoms with E-state index in [1.54, 1.807) is 0 Å². The zero-order chi connectivity index (χ0) is 36.0. The number of rotatable bonds is 4. The molecule has 0 radical (unpaired) electrons. The van der Waals surface area contributed by atoms with E-state index < -0.39 is 0 Å². The van der Waals surface area contributed by atoms with Gasteiger partial charge < -0.3 is 13.6 Å². The molecule has 9 aromatic carbocycles. The average Bonchev–Trinajstić information content (AvgIpc) is 3.91. The molecule has 0 aliphatic heterocycles. The van der Waals surface area contributed by atoms with Gasteiger partial charge in [0.1, 0.15) is 11.2 Å². The highest BCUT2D eigenvalue weighted by molar-refractivity contribution is 6.20. The molecule has 0 amide bonds. The Morgan fingerprint density at radius 1 is 0.327 bits per heavy atom. The highest BCUT2D eigenvalue weighted by Crippen LogP contribution is 2.42. The van der Waals surface area contributed by atoms with Crippen molar-refractivity contribution >= 4 is 76.3 Å². The topological polar surface area (TPSA) is 23.0 Å². The Kier molecular flexibility index (Phi) is 6.34. The Bertz CT molecular complexity index is 3490. The van der Waals surface area contributed by atoms with E-state index in [9.17, 15) is 0 Å². The second kappa shape index (κ2) is 11.6. The zero-order valence-electron chi connectivity index (χ0n) is 29.8. The summed E-state index contributed by atoms with van der Waals surface area (Å²) >= 11 is 0. The molecule has 12 rings (SSSR count). The number of benzene rings is 9. The van der Waals surface area contributed by atoms with Crippen LogP contribution in [0.4, 0.5) is 0 Å². The first-order chi connectivity index (χ1) is 27.3. The molecule has 0 aliphatic rings. The molecule has 0 aliphatic carbocycles. The van der Waals surface area contributed by atoms with Crippen molar-refractivity contribution in [2.45, 2.75) is 0 Å². The smallest absolute Gasteiger partial charge is 0.137 e. The summed E-state index contributed by atoms with van der Waals surface area (Å²) in [7, 11) is 0. The molecule has 0 atom stereocenters. The second-order valence-corrected chi connectivity index (χ2v) is 14.5. The second-order valence-electron chi connectivity index (χ2n) is 14.5. The number of hydrogen-bond acceptors (Lipinski definition) is 1. The van der Waals surface area contributed by atoms with Crippen LogP contribution in [0.5, 0.6) is 0 Å². The van der Waals surface area contributed by atoms with Gasteiger partial charge in [0.2, 0.25) is 0 Å². The first kappa shape index (κ1) is 30.1. The number of hydrogen-bond donors (Lipinski definition) is 0. The first-order valence-corrected chi connectivity index (χ1v) is 18.8. The summed E-state index contributed by atoms with van der Waals surface area (Å²) in [6.07, 6.45) is 0. The van der Waals surface area contributed by atoms with Crippen molar-refractivity contribution in [3.63, 3.8) is 0 Å². The monoisotopic (exact) mass is 700 g/mol. The van der Waals surface area contributed by atoms with Gasteiger partial charge in [0.05, 0.1) is 27.8 Å². The fourth-order valence-corrected chi connectivity index (χ4v) is 9.03. The number of nitrogens with zero attached hydrogens (tertiary/aromatic N) is 2. The minimum atomic E-state index is 0.896. The van der Waals surface area contributed by atoms with Gasteiger partial charge in [0.25, 0.3) is 0 Å². The summed E-state index contributed by atoms with van der Waals surface area (Å²) in [6.45, 7) is 0. The van der Waals surface area contributed by atoms with Crippen molar-refractivity contribution in [3.8, 4) is 33.6 Å². The van der Waals surface area contributed by atoms with Crippen LogP contribution in [0, 0.1) is 0 Å². The fraction of sp³-hybridized carbons (Fsp3) is 0. The molecule has 0 spiro atoms. The van der Waals surface area contributed by atoms with E-state index in [1.165, 1.54) is 82.3 Å². The van der Waals surface area contributed by atoms with Gasteiger partial charge in [-0.2, -0.15) is 0 Å². The summed E-state index contributed by atoms with van der Waals surface area (Å²) in [5.41, 5.74) is 13.6. The van der Waals surface area contributed by atoms with Gasteiger partial charge in [-0.15, -0.1) is 0 Å². The van der Waals surface area contributed by atoms with Crippen molar-refractivity contribution in [1.82, 2.24) is 9.13 Å². The normalized spacial score (nSPS) is 12.0. The number of fused-ring (bicyclic) bond motifs is 11. The molecule has 55 heavy (non-hydrogen) atoms. The Labute approximate surface area is 316 Å². The third kappa shape index (κ3) is 4.44. The van der Waals surface area contributed by atoms with E-state index in [1.807, 2.05) is 12.1 Å². The third-order valence-corrected chi connectivity index (χ3v) is 11.5. The number of aromatic nitrogens is 2. The molecule has 0 saturated carbocycles. The van der Waals surface area contributed by atoms with Crippen LogP contribution in [-0.4, -0.2) is 9.13 Å². The zero-order valence-corrected chi connectivity index (χ0v) is 29.8. The lowest BCUT2D eigenvalue weighted by atomic mass is 10.00. The molecular weight excluding hydrogens is 669 g/mol. The van der Waals surface area contributed by atoms with E-state index in [-0.39, 0.29) is 0 Å². The lowest BCUT2D eigenvalue weighted by Crippen LogP contribution is -1.97. The lowest BCUT2D eigenvalue weighted by molar-refractivity contribution is 0.668. The fourth-order valence-electron chi connectivity index (χ4n) is 9.03. The molecular formula is C52H32N2O. The molecule has 3 aromatic heterocycles. The molecule has 256 valence electrons. The Balaban J connectivity index is 1.07. The van der Waals surface area contributed by atoms with Crippen molar-refractivity contribution in [1.29, 1.82) is 0 Å². The van der Waals surface area contributed by atoms with Gasteiger partial charge in [0.15, 0.2) is 0 Å². The molecule has 0 unspecified atom stereocenters. The van der Waals surface area contributed by atoms with Gasteiger partial charge in [0, 0.05) is 55.0 Å². The summed E-state index contributed by atoms with van der Waals surface area (Å²) in [4.78, 5) is 0. The highest BCUT2D eigenvalue weighted by atomic mass is 16.3. The summed E-state index contributed by atoms with van der Waals surface area (Å²) in [5, 5.41) is 9.70.